The molecule has 12 nitrogen and oxygen atoms in total. The van der Waals surface area contributed by atoms with Crippen molar-refractivity contribution in [2.75, 3.05) is 49.7 Å². The molecule has 2 heterocycles. The molecule has 0 radical (unpaired) electrons. The highest BCUT2D eigenvalue weighted by atomic mass is 16.6. The normalized spacial score (nSPS) is 23.3. The lowest BCUT2D eigenvalue weighted by Crippen LogP contribution is -2.46. The van der Waals surface area contributed by atoms with Crippen molar-refractivity contribution in [2.45, 2.75) is 43.2 Å². The van der Waals surface area contributed by atoms with Gasteiger partial charge in [-0.25, -0.2) is 9.59 Å². The first-order valence-electron chi connectivity index (χ1n) is 13.3. The monoisotopic (exact) mass is 587 g/mol. The summed E-state index contributed by atoms with van der Waals surface area (Å²) in [6.45, 7) is 0. The SMILES string of the molecule is COc1cc(/C=C/C(=O)O[C@@H]2C[C@@H]3[C@@H](OC(=O)c4cc(OC)c(OC)c(OC)c4)[C@H](O)[C@H](C2)N3C)cc(OC)c1OC. The van der Waals surface area contributed by atoms with Gasteiger partial charge >= 0.3 is 11.9 Å². The third kappa shape index (κ3) is 6.04. The van der Waals surface area contributed by atoms with Crippen LogP contribution in [0.1, 0.15) is 28.8 Å². The Hall–Kier alpha value is -4.16. The third-order valence-corrected chi connectivity index (χ3v) is 7.69. The van der Waals surface area contributed by atoms with Crippen LogP contribution in [0.25, 0.3) is 6.08 Å². The number of hydrogen-bond donors (Lipinski definition) is 1. The Kier molecular flexibility index (Phi) is 9.69. The van der Waals surface area contributed by atoms with Crippen LogP contribution in [0.4, 0.5) is 0 Å². The van der Waals surface area contributed by atoms with Crippen LogP contribution in [0, 0.1) is 0 Å². The Morgan fingerprint density at radius 2 is 1.26 bits per heavy atom. The first-order valence-corrected chi connectivity index (χ1v) is 13.3. The number of rotatable bonds is 11. The van der Waals surface area contributed by atoms with Crippen LogP contribution in [0.15, 0.2) is 30.3 Å². The molecule has 4 rings (SSSR count). The Bertz CT molecular complexity index is 1280. The fourth-order valence-electron chi connectivity index (χ4n) is 5.61. The molecule has 228 valence electrons. The summed E-state index contributed by atoms with van der Waals surface area (Å²) in [7, 11) is 10.8. The average molecular weight is 588 g/mol. The Labute approximate surface area is 244 Å². The zero-order valence-electron chi connectivity index (χ0n) is 24.7. The van der Waals surface area contributed by atoms with Crippen molar-refractivity contribution in [1.29, 1.82) is 0 Å². The largest absolute Gasteiger partial charge is 0.493 e. The van der Waals surface area contributed by atoms with E-state index in [1.54, 1.807) is 18.2 Å². The number of aliphatic hydroxyl groups is 1. The van der Waals surface area contributed by atoms with Gasteiger partial charge in [-0.15, -0.1) is 0 Å². The Balaban J connectivity index is 1.44. The molecule has 0 unspecified atom stereocenters. The van der Waals surface area contributed by atoms with Crippen molar-refractivity contribution in [1.82, 2.24) is 4.90 Å². The van der Waals surface area contributed by atoms with Gasteiger partial charge in [0.15, 0.2) is 23.0 Å². The number of carbonyl (C=O) groups is 2. The van der Waals surface area contributed by atoms with Gasteiger partial charge < -0.3 is 43.0 Å². The van der Waals surface area contributed by atoms with Crippen molar-refractivity contribution in [2.24, 2.45) is 0 Å². The summed E-state index contributed by atoms with van der Waals surface area (Å²) < 4.78 is 43.6. The van der Waals surface area contributed by atoms with Crippen LogP contribution >= 0.6 is 0 Å². The van der Waals surface area contributed by atoms with Gasteiger partial charge in [-0.05, 0) is 43.0 Å². The second-order valence-corrected chi connectivity index (χ2v) is 9.90. The van der Waals surface area contributed by atoms with Crippen LogP contribution in [0.5, 0.6) is 34.5 Å². The number of hydrogen-bond acceptors (Lipinski definition) is 12. The zero-order valence-corrected chi connectivity index (χ0v) is 24.7. The Morgan fingerprint density at radius 3 is 1.76 bits per heavy atom. The molecule has 0 aliphatic carbocycles. The number of esters is 2. The zero-order chi connectivity index (χ0) is 30.6. The molecular formula is C30H37NO11. The number of ether oxygens (including phenoxy) is 8. The number of piperidine rings is 1. The van der Waals surface area contributed by atoms with Gasteiger partial charge in [0.1, 0.15) is 18.3 Å². The van der Waals surface area contributed by atoms with E-state index in [2.05, 4.69) is 0 Å². The lowest BCUT2D eigenvalue weighted by Gasteiger charge is -2.35. The van der Waals surface area contributed by atoms with E-state index in [1.165, 1.54) is 60.9 Å². The molecule has 12 heteroatoms. The predicted molar refractivity (Wildman–Crippen MR) is 151 cm³/mol. The fourth-order valence-corrected chi connectivity index (χ4v) is 5.61. The number of aliphatic hydroxyl groups excluding tert-OH is 1. The van der Waals surface area contributed by atoms with Gasteiger partial charge in [-0.2, -0.15) is 0 Å². The maximum Gasteiger partial charge on any atom is 0.338 e. The molecule has 0 spiro atoms. The smallest absolute Gasteiger partial charge is 0.338 e. The lowest BCUT2D eigenvalue weighted by atomic mass is 10.00. The highest BCUT2D eigenvalue weighted by molar-refractivity contribution is 5.91. The lowest BCUT2D eigenvalue weighted by molar-refractivity contribution is -0.146. The van der Waals surface area contributed by atoms with Gasteiger partial charge in [-0.1, -0.05) is 0 Å². The summed E-state index contributed by atoms with van der Waals surface area (Å²) in [5, 5.41) is 11.1. The van der Waals surface area contributed by atoms with Crippen LogP contribution in [0.3, 0.4) is 0 Å². The summed E-state index contributed by atoms with van der Waals surface area (Å²) in [5.41, 5.74) is 0.833. The predicted octanol–water partition coefficient (Wildman–Crippen LogP) is 2.73. The first kappa shape index (κ1) is 30.8. The van der Waals surface area contributed by atoms with Gasteiger partial charge in [0.2, 0.25) is 11.5 Å². The van der Waals surface area contributed by atoms with Gasteiger partial charge in [0.05, 0.1) is 54.3 Å². The molecule has 1 N–H and O–H groups in total. The molecule has 2 fully saturated rings. The Morgan fingerprint density at radius 1 is 0.762 bits per heavy atom. The highest BCUT2D eigenvalue weighted by Crippen LogP contribution is 2.41. The van der Waals surface area contributed by atoms with Crippen molar-refractivity contribution in [3.8, 4) is 34.5 Å². The van der Waals surface area contributed by atoms with E-state index in [4.69, 9.17) is 37.9 Å². The average Bonchev–Trinajstić information content (AvgIpc) is 3.12. The van der Waals surface area contributed by atoms with Gasteiger partial charge in [0, 0.05) is 25.0 Å². The number of methoxy groups -OCH3 is 6. The summed E-state index contributed by atoms with van der Waals surface area (Å²) in [6.07, 6.45) is 1.39. The maximum atomic E-state index is 13.2. The van der Waals surface area contributed by atoms with Crippen LogP contribution in [-0.4, -0.2) is 102 Å². The van der Waals surface area contributed by atoms with Crippen molar-refractivity contribution >= 4 is 18.0 Å². The van der Waals surface area contributed by atoms with E-state index in [0.29, 0.717) is 52.9 Å². The number of likely N-dealkylation sites (N-methyl/N-ethyl adjacent to an activating group) is 1. The standard InChI is InChI=1S/C30H37NO11/c1-31-19-14-18(41-25(32)9-8-16-10-21(35-2)28(39-6)22(11-16)36-3)15-20(31)27(26(19)33)42-30(34)17-12-23(37-4)29(40-7)24(13-17)38-5/h8-13,18-20,26-27,33H,14-15H2,1-7H3/b9-8+/t18-,19-,20+,26+,27+/m0/s1. The molecule has 2 aromatic carbocycles. The van der Waals surface area contributed by atoms with Gasteiger partial charge in [-0.3, -0.25) is 4.90 Å². The van der Waals surface area contributed by atoms with Crippen molar-refractivity contribution < 1.29 is 52.6 Å². The van der Waals surface area contributed by atoms with Crippen LogP contribution in [0.2, 0.25) is 0 Å². The number of fused-ring (bicyclic) bond motifs is 2. The third-order valence-electron chi connectivity index (χ3n) is 7.69. The molecule has 0 aromatic heterocycles. The van der Waals surface area contributed by atoms with E-state index in [9.17, 15) is 14.7 Å². The quantitative estimate of drug-likeness (QED) is 0.306. The van der Waals surface area contributed by atoms with E-state index in [1.807, 2.05) is 11.9 Å². The summed E-state index contributed by atoms with van der Waals surface area (Å²) in [5.74, 6) is 1.11. The molecule has 0 saturated carbocycles. The topological polar surface area (TPSA) is 131 Å². The molecule has 0 amide bonds. The highest BCUT2D eigenvalue weighted by Gasteiger charge is 2.54. The molecule has 2 aliphatic rings. The van der Waals surface area contributed by atoms with Gasteiger partial charge in [0.25, 0.3) is 0 Å². The number of carbonyl (C=O) groups excluding carboxylic acids is 2. The summed E-state index contributed by atoms with van der Waals surface area (Å²) in [4.78, 5) is 27.9. The minimum absolute atomic E-state index is 0.181. The molecule has 42 heavy (non-hydrogen) atoms. The van der Waals surface area contributed by atoms with E-state index >= 15 is 0 Å². The fraction of sp³-hybridized carbons (Fsp3) is 0.467. The minimum atomic E-state index is -0.968. The maximum absolute atomic E-state index is 13.2. The van der Waals surface area contributed by atoms with E-state index < -0.39 is 30.3 Å². The number of benzene rings is 2. The minimum Gasteiger partial charge on any atom is -0.493 e. The second-order valence-electron chi connectivity index (χ2n) is 9.90. The molecule has 2 aliphatic heterocycles. The molecule has 5 atom stereocenters. The van der Waals surface area contributed by atoms with Crippen molar-refractivity contribution in [3.63, 3.8) is 0 Å². The summed E-state index contributed by atoms with van der Waals surface area (Å²) >= 11 is 0. The number of nitrogens with zero attached hydrogens (tertiary/aromatic N) is 1. The second kappa shape index (κ2) is 13.2. The van der Waals surface area contributed by atoms with Crippen LogP contribution < -0.4 is 28.4 Å². The van der Waals surface area contributed by atoms with Crippen LogP contribution in [-0.2, 0) is 14.3 Å². The van der Waals surface area contributed by atoms with Crippen molar-refractivity contribution in [3.05, 3.63) is 41.5 Å². The van der Waals surface area contributed by atoms with E-state index in [-0.39, 0.29) is 17.6 Å². The van der Waals surface area contributed by atoms with E-state index in [0.717, 1.165) is 0 Å². The first-order chi connectivity index (χ1) is 20.2. The molecular weight excluding hydrogens is 550 g/mol. The molecule has 2 aromatic rings. The summed E-state index contributed by atoms with van der Waals surface area (Å²) in [6, 6.07) is 5.69. The molecule has 2 saturated heterocycles. The molecule has 2 bridgehead atoms.